The quantitative estimate of drug-likeness (QED) is 0.587. The zero-order chi connectivity index (χ0) is 15.3. The van der Waals surface area contributed by atoms with Crippen LogP contribution in [-0.2, 0) is 6.18 Å². The molecule has 0 fully saturated rings. The highest BCUT2D eigenvalue weighted by Gasteiger charge is 2.32. The Morgan fingerprint density at radius 1 is 1.09 bits per heavy atom. The smallest absolute Gasteiger partial charge is 0.297 e. The number of alkyl halides is 3. The van der Waals surface area contributed by atoms with E-state index in [2.05, 4.69) is 20.2 Å². The summed E-state index contributed by atoms with van der Waals surface area (Å²) in [5.74, 6) is 0. The maximum atomic E-state index is 12.7. The van der Waals surface area contributed by atoms with E-state index in [1.807, 2.05) is 18.2 Å². The Morgan fingerprint density at radius 3 is 2.77 bits per heavy atom. The number of hydrogen-bond donors (Lipinski definition) is 1. The minimum atomic E-state index is -4.48. The number of aromatic amines is 1. The number of pyridine rings is 1. The molecule has 0 spiro atoms. The molecule has 5 nitrogen and oxygen atoms in total. The lowest BCUT2D eigenvalue weighted by molar-refractivity contribution is -0.141. The Morgan fingerprint density at radius 2 is 1.95 bits per heavy atom. The average molecular weight is 303 g/mol. The van der Waals surface area contributed by atoms with Gasteiger partial charge in [0.25, 0.3) is 0 Å². The third kappa shape index (κ3) is 1.92. The molecule has 0 aliphatic heterocycles. The molecule has 0 saturated carbocycles. The van der Waals surface area contributed by atoms with Crippen LogP contribution in [0.5, 0.6) is 0 Å². The summed E-state index contributed by atoms with van der Waals surface area (Å²) in [6.07, 6.45) is -1.34. The van der Waals surface area contributed by atoms with Crippen molar-refractivity contribution in [3.8, 4) is 5.69 Å². The average Bonchev–Trinajstić information content (AvgIpc) is 3.11. The molecule has 110 valence electrons. The first-order valence-electron chi connectivity index (χ1n) is 6.37. The van der Waals surface area contributed by atoms with Gasteiger partial charge in [0, 0.05) is 11.1 Å². The van der Waals surface area contributed by atoms with E-state index in [1.54, 1.807) is 10.8 Å². The van der Waals surface area contributed by atoms with Gasteiger partial charge in [-0.15, -0.1) is 0 Å². The number of hydrogen-bond acceptors (Lipinski definition) is 3. The predicted octanol–water partition coefficient (Wildman–Crippen LogP) is 3.32. The van der Waals surface area contributed by atoms with Crippen molar-refractivity contribution in [2.75, 3.05) is 0 Å². The molecular weight excluding hydrogens is 295 g/mol. The number of imidazole rings is 1. The van der Waals surface area contributed by atoms with Crippen LogP contribution >= 0.6 is 0 Å². The third-order valence-corrected chi connectivity index (χ3v) is 3.40. The topological polar surface area (TPSA) is 59.4 Å². The maximum Gasteiger partial charge on any atom is 0.433 e. The largest absolute Gasteiger partial charge is 0.433 e. The van der Waals surface area contributed by atoms with Gasteiger partial charge in [-0.2, -0.15) is 18.3 Å². The highest BCUT2D eigenvalue weighted by Crippen LogP contribution is 2.29. The van der Waals surface area contributed by atoms with Crippen LogP contribution < -0.4 is 0 Å². The molecular formula is C14H8F3N5. The first-order valence-corrected chi connectivity index (χ1v) is 6.37. The van der Waals surface area contributed by atoms with Crippen LogP contribution in [0.15, 0.2) is 42.9 Å². The van der Waals surface area contributed by atoms with Crippen LogP contribution in [0.3, 0.4) is 0 Å². The Bertz CT molecular complexity index is 983. The summed E-state index contributed by atoms with van der Waals surface area (Å²) < 4.78 is 39.7. The molecule has 0 unspecified atom stereocenters. The van der Waals surface area contributed by atoms with Gasteiger partial charge >= 0.3 is 6.18 Å². The lowest BCUT2D eigenvalue weighted by atomic mass is 10.2. The van der Waals surface area contributed by atoms with Crippen LogP contribution in [0.25, 0.3) is 27.8 Å². The summed E-state index contributed by atoms with van der Waals surface area (Å²) in [4.78, 5) is 7.53. The summed E-state index contributed by atoms with van der Waals surface area (Å²) in [7, 11) is 0. The van der Waals surface area contributed by atoms with Gasteiger partial charge in [0.2, 0.25) is 0 Å². The number of nitrogens with zero attached hydrogens (tertiary/aromatic N) is 4. The van der Waals surface area contributed by atoms with Gasteiger partial charge in [0.15, 0.2) is 5.65 Å². The van der Waals surface area contributed by atoms with Crippen LogP contribution in [0.1, 0.15) is 5.69 Å². The van der Waals surface area contributed by atoms with E-state index >= 15 is 0 Å². The Balaban J connectivity index is 1.88. The van der Waals surface area contributed by atoms with E-state index in [9.17, 15) is 13.2 Å². The van der Waals surface area contributed by atoms with E-state index in [1.165, 1.54) is 12.4 Å². The molecule has 0 saturated heterocycles. The van der Waals surface area contributed by atoms with Gasteiger partial charge in [-0.1, -0.05) is 0 Å². The SMILES string of the molecule is FC(F)(F)c1ccc2c(ncn2-c2ccc3[nH]ncc3c2)n1. The first-order chi connectivity index (χ1) is 10.5. The van der Waals surface area contributed by atoms with E-state index in [4.69, 9.17) is 0 Å². The van der Waals surface area contributed by atoms with E-state index in [0.717, 1.165) is 22.7 Å². The summed E-state index contributed by atoms with van der Waals surface area (Å²) in [6.45, 7) is 0. The number of fused-ring (bicyclic) bond motifs is 2. The van der Waals surface area contributed by atoms with Crippen molar-refractivity contribution >= 4 is 22.1 Å². The highest BCUT2D eigenvalue weighted by atomic mass is 19.4. The van der Waals surface area contributed by atoms with Crippen molar-refractivity contribution in [1.82, 2.24) is 24.7 Å². The Hall–Kier alpha value is -2.90. The van der Waals surface area contributed by atoms with E-state index < -0.39 is 11.9 Å². The maximum absolute atomic E-state index is 12.7. The van der Waals surface area contributed by atoms with Crippen molar-refractivity contribution in [3.05, 3.63) is 48.5 Å². The van der Waals surface area contributed by atoms with Crippen LogP contribution in [-0.4, -0.2) is 24.7 Å². The van der Waals surface area contributed by atoms with Crippen LogP contribution in [0.2, 0.25) is 0 Å². The van der Waals surface area contributed by atoms with Gasteiger partial charge < -0.3 is 0 Å². The summed E-state index contributed by atoms with van der Waals surface area (Å²) in [5, 5.41) is 7.68. The molecule has 0 bridgehead atoms. The number of benzene rings is 1. The van der Waals surface area contributed by atoms with Gasteiger partial charge in [-0.05, 0) is 30.3 Å². The fourth-order valence-corrected chi connectivity index (χ4v) is 2.34. The summed E-state index contributed by atoms with van der Waals surface area (Å²) >= 11 is 0. The molecule has 4 rings (SSSR count). The molecule has 4 aromatic rings. The number of rotatable bonds is 1. The molecule has 1 N–H and O–H groups in total. The molecule has 0 atom stereocenters. The van der Waals surface area contributed by atoms with Gasteiger partial charge in [0.05, 0.1) is 17.2 Å². The zero-order valence-electron chi connectivity index (χ0n) is 11.0. The van der Waals surface area contributed by atoms with Crippen molar-refractivity contribution in [3.63, 3.8) is 0 Å². The van der Waals surface area contributed by atoms with Gasteiger partial charge in [0.1, 0.15) is 12.0 Å². The van der Waals surface area contributed by atoms with Crippen molar-refractivity contribution in [2.45, 2.75) is 6.18 Å². The number of aromatic nitrogens is 5. The standard InChI is InChI=1S/C14H8F3N5/c15-14(16,17)12-4-3-11-13(20-12)18-7-22(11)9-1-2-10-8(5-9)6-19-21-10/h1-7H,(H,19,21). The molecule has 0 radical (unpaired) electrons. The van der Waals surface area contributed by atoms with Crippen molar-refractivity contribution in [2.24, 2.45) is 0 Å². The fourth-order valence-electron chi connectivity index (χ4n) is 2.34. The number of nitrogens with one attached hydrogen (secondary N) is 1. The lowest BCUT2D eigenvalue weighted by Gasteiger charge is -2.06. The molecule has 3 heterocycles. The van der Waals surface area contributed by atoms with Gasteiger partial charge in [-0.3, -0.25) is 9.67 Å². The minimum Gasteiger partial charge on any atom is -0.297 e. The molecule has 0 amide bonds. The third-order valence-electron chi connectivity index (χ3n) is 3.40. The molecule has 22 heavy (non-hydrogen) atoms. The van der Waals surface area contributed by atoms with E-state index in [-0.39, 0.29) is 5.65 Å². The molecule has 0 aliphatic rings. The monoisotopic (exact) mass is 303 g/mol. The lowest BCUT2D eigenvalue weighted by Crippen LogP contribution is -2.07. The molecule has 3 aromatic heterocycles. The predicted molar refractivity (Wildman–Crippen MR) is 73.5 cm³/mol. The molecule has 8 heteroatoms. The Kier molecular flexibility index (Phi) is 2.50. The second-order valence-corrected chi connectivity index (χ2v) is 4.79. The van der Waals surface area contributed by atoms with Crippen molar-refractivity contribution in [1.29, 1.82) is 0 Å². The van der Waals surface area contributed by atoms with E-state index in [0.29, 0.717) is 5.52 Å². The minimum absolute atomic E-state index is 0.0575. The van der Waals surface area contributed by atoms with Crippen molar-refractivity contribution < 1.29 is 13.2 Å². The second-order valence-electron chi connectivity index (χ2n) is 4.79. The van der Waals surface area contributed by atoms with Crippen LogP contribution in [0.4, 0.5) is 13.2 Å². The van der Waals surface area contributed by atoms with Gasteiger partial charge in [-0.25, -0.2) is 9.97 Å². The molecule has 0 aliphatic carbocycles. The first kappa shape index (κ1) is 12.8. The zero-order valence-corrected chi connectivity index (χ0v) is 11.0. The summed E-state index contributed by atoms with van der Waals surface area (Å²) in [5.41, 5.74) is 1.28. The highest BCUT2D eigenvalue weighted by molar-refractivity contribution is 5.82. The molecule has 1 aromatic carbocycles. The second kappa shape index (κ2) is 4.30. The number of halogens is 3. The normalized spacial score (nSPS) is 12.3. The number of H-pyrrole nitrogens is 1. The fraction of sp³-hybridized carbons (Fsp3) is 0.0714. The Labute approximate surface area is 121 Å². The summed E-state index contributed by atoms with van der Waals surface area (Å²) in [6, 6.07) is 7.88. The van der Waals surface area contributed by atoms with Crippen LogP contribution in [0, 0.1) is 0 Å².